The van der Waals surface area contributed by atoms with Crippen molar-refractivity contribution in [1.82, 2.24) is 14.8 Å². The lowest BCUT2D eigenvalue weighted by atomic mass is 10.2. The van der Waals surface area contributed by atoms with Crippen molar-refractivity contribution in [2.24, 2.45) is 0 Å². The lowest BCUT2D eigenvalue weighted by Gasteiger charge is -2.09. The van der Waals surface area contributed by atoms with E-state index in [1.807, 2.05) is 6.92 Å². The van der Waals surface area contributed by atoms with Gasteiger partial charge in [-0.15, -0.1) is 0 Å². The van der Waals surface area contributed by atoms with Crippen LogP contribution in [0, 0.1) is 0 Å². The Kier molecular flexibility index (Phi) is 3.04. The Labute approximate surface area is 70.0 Å². The molecule has 12 heavy (non-hydrogen) atoms. The van der Waals surface area contributed by atoms with Crippen LogP contribution in [0.25, 0.3) is 0 Å². The molecule has 0 aromatic carbocycles. The highest BCUT2D eigenvalue weighted by Gasteiger charge is 2.06. The second-order valence-electron chi connectivity index (χ2n) is 2.78. The molecule has 68 valence electrons. The normalized spacial score (nSPS) is 13.2. The Morgan fingerprint density at radius 3 is 3.08 bits per heavy atom. The van der Waals surface area contributed by atoms with Crippen LogP contribution >= 0.6 is 0 Å². The third-order valence-electron chi connectivity index (χ3n) is 1.83. The van der Waals surface area contributed by atoms with Crippen LogP contribution in [0.3, 0.4) is 0 Å². The molecule has 5 nitrogen and oxygen atoms in total. The van der Waals surface area contributed by atoms with E-state index in [2.05, 4.69) is 10.2 Å². The highest BCUT2D eigenvalue weighted by atomic mass is 16.3. The van der Waals surface area contributed by atoms with Gasteiger partial charge in [-0.3, -0.25) is 4.57 Å². The van der Waals surface area contributed by atoms with Crippen molar-refractivity contribution in [2.75, 3.05) is 6.61 Å². The minimum atomic E-state index is -0.194. The van der Waals surface area contributed by atoms with Gasteiger partial charge in [-0.25, -0.2) is 9.89 Å². The summed E-state index contributed by atoms with van der Waals surface area (Å²) in [4.78, 5) is 11.0. The summed E-state index contributed by atoms with van der Waals surface area (Å²) in [7, 11) is 0. The average molecular weight is 171 g/mol. The van der Waals surface area contributed by atoms with Crippen molar-refractivity contribution in [3.05, 3.63) is 16.8 Å². The number of hydrogen-bond donors (Lipinski definition) is 2. The van der Waals surface area contributed by atoms with Crippen LogP contribution in [0.1, 0.15) is 25.8 Å². The molecule has 2 N–H and O–H groups in total. The summed E-state index contributed by atoms with van der Waals surface area (Å²) >= 11 is 0. The average Bonchev–Trinajstić information content (AvgIpc) is 2.47. The largest absolute Gasteiger partial charge is 0.396 e. The molecule has 0 fully saturated rings. The number of aliphatic hydroxyl groups excluding tert-OH is 1. The topological polar surface area (TPSA) is 70.9 Å². The van der Waals surface area contributed by atoms with E-state index in [9.17, 15) is 4.79 Å². The Morgan fingerprint density at radius 2 is 2.58 bits per heavy atom. The first-order chi connectivity index (χ1) is 5.75. The summed E-state index contributed by atoms with van der Waals surface area (Å²) in [5.41, 5.74) is -0.194. The zero-order valence-electron chi connectivity index (χ0n) is 7.03. The van der Waals surface area contributed by atoms with Crippen molar-refractivity contribution < 1.29 is 5.11 Å². The summed E-state index contributed by atoms with van der Waals surface area (Å²) in [5, 5.41) is 14.5. The van der Waals surface area contributed by atoms with Gasteiger partial charge in [0.15, 0.2) is 0 Å². The highest BCUT2D eigenvalue weighted by molar-refractivity contribution is 4.70. The fourth-order valence-electron chi connectivity index (χ4n) is 1.10. The third-order valence-corrected chi connectivity index (χ3v) is 1.83. The van der Waals surface area contributed by atoms with Gasteiger partial charge in [0.2, 0.25) is 0 Å². The van der Waals surface area contributed by atoms with Gasteiger partial charge in [0.05, 0.1) is 0 Å². The molecule has 0 radical (unpaired) electrons. The summed E-state index contributed by atoms with van der Waals surface area (Å²) in [6.45, 7) is 2.09. The minimum absolute atomic E-state index is 0.100. The van der Waals surface area contributed by atoms with Crippen LogP contribution in [-0.2, 0) is 0 Å². The van der Waals surface area contributed by atoms with E-state index in [-0.39, 0.29) is 18.3 Å². The van der Waals surface area contributed by atoms with Gasteiger partial charge < -0.3 is 5.11 Å². The molecule has 0 saturated carbocycles. The van der Waals surface area contributed by atoms with E-state index >= 15 is 0 Å². The first-order valence-corrected chi connectivity index (χ1v) is 3.98. The Balaban J connectivity index is 2.59. The molecule has 1 aromatic rings. The highest BCUT2D eigenvalue weighted by Crippen LogP contribution is 2.08. The zero-order chi connectivity index (χ0) is 8.97. The first kappa shape index (κ1) is 8.99. The van der Waals surface area contributed by atoms with Gasteiger partial charge in [-0.1, -0.05) is 0 Å². The van der Waals surface area contributed by atoms with Gasteiger partial charge in [-0.05, 0) is 19.8 Å². The molecule has 0 bridgehead atoms. The monoisotopic (exact) mass is 171 g/mol. The van der Waals surface area contributed by atoms with Crippen LogP contribution in [-0.4, -0.2) is 26.5 Å². The number of aliphatic hydroxyl groups is 1. The standard InChI is InChI=1S/C7H13N3O2/c1-6(3-2-4-11)10-5-8-9-7(10)12/h5-6,11H,2-4H2,1H3,(H,9,12). The third kappa shape index (κ3) is 1.94. The van der Waals surface area contributed by atoms with E-state index < -0.39 is 0 Å². The maximum atomic E-state index is 11.0. The van der Waals surface area contributed by atoms with Gasteiger partial charge in [0, 0.05) is 12.6 Å². The van der Waals surface area contributed by atoms with Crippen molar-refractivity contribution in [1.29, 1.82) is 0 Å². The number of rotatable bonds is 4. The quantitative estimate of drug-likeness (QED) is 0.664. The van der Waals surface area contributed by atoms with E-state index in [0.717, 1.165) is 6.42 Å². The predicted octanol–water partition coefficient (Wildman–Crippen LogP) is -0.0951. The fraction of sp³-hybridized carbons (Fsp3) is 0.714. The second kappa shape index (κ2) is 4.06. The number of hydrogen-bond acceptors (Lipinski definition) is 3. The molecule has 5 heteroatoms. The Morgan fingerprint density at radius 1 is 1.83 bits per heavy atom. The predicted molar refractivity (Wildman–Crippen MR) is 43.9 cm³/mol. The molecular formula is C7H13N3O2. The van der Waals surface area contributed by atoms with Crippen LogP contribution in [0.5, 0.6) is 0 Å². The summed E-state index contributed by atoms with van der Waals surface area (Å²) < 4.78 is 1.52. The van der Waals surface area contributed by atoms with Gasteiger partial charge >= 0.3 is 5.69 Å². The number of nitrogens with one attached hydrogen (secondary N) is 1. The molecule has 0 spiro atoms. The van der Waals surface area contributed by atoms with Crippen molar-refractivity contribution in [2.45, 2.75) is 25.8 Å². The molecular weight excluding hydrogens is 158 g/mol. The molecule has 1 rings (SSSR count). The SMILES string of the molecule is CC(CCCO)n1cn[nH]c1=O. The van der Waals surface area contributed by atoms with Crippen LogP contribution in [0.15, 0.2) is 11.1 Å². The van der Waals surface area contributed by atoms with E-state index in [0.29, 0.717) is 6.42 Å². The molecule has 1 aromatic heterocycles. The first-order valence-electron chi connectivity index (χ1n) is 3.98. The molecule has 0 aliphatic carbocycles. The van der Waals surface area contributed by atoms with Gasteiger partial charge in [-0.2, -0.15) is 5.10 Å². The lowest BCUT2D eigenvalue weighted by Crippen LogP contribution is -2.20. The van der Waals surface area contributed by atoms with Crippen LogP contribution < -0.4 is 5.69 Å². The van der Waals surface area contributed by atoms with Gasteiger partial charge in [0.1, 0.15) is 6.33 Å². The molecule has 0 saturated heterocycles. The maximum absolute atomic E-state index is 11.0. The van der Waals surface area contributed by atoms with Gasteiger partial charge in [0.25, 0.3) is 0 Å². The van der Waals surface area contributed by atoms with Crippen molar-refractivity contribution in [3.8, 4) is 0 Å². The van der Waals surface area contributed by atoms with Crippen molar-refractivity contribution in [3.63, 3.8) is 0 Å². The maximum Gasteiger partial charge on any atom is 0.343 e. The minimum Gasteiger partial charge on any atom is -0.396 e. The smallest absolute Gasteiger partial charge is 0.343 e. The van der Waals surface area contributed by atoms with Crippen molar-refractivity contribution >= 4 is 0 Å². The number of H-pyrrole nitrogens is 1. The zero-order valence-corrected chi connectivity index (χ0v) is 7.03. The van der Waals surface area contributed by atoms with E-state index in [4.69, 9.17) is 5.11 Å². The second-order valence-corrected chi connectivity index (χ2v) is 2.78. The van der Waals surface area contributed by atoms with Crippen LogP contribution in [0.2, 0.25) is 0 Å². The number of aromatic amines is 1. The molecule has 1 unspecified atom stereocenters. The number of aromatic nitrogens is 3. The summed E-state index contributed by atoms with van der Waals surface area (Å²) in [6, 6.07) is 0.100. The van der Waals surface area contributed by atoms with E-state index in [1.54, 1.807) is 0 Å². The van der Waals surface area contributed by atoms with E-state index in [1.165, 1.54) is 10.9 Å². The summed E-state index contributed by atoms with van der Waals surface area (Å²) in [6.07, 6.45) is 2.97. The number of nitrogens with zero attached hydrogens (tertiary/aromatic N) is 2. The molecule has 0 aliphatic heterocycles. The Bertz CT molecular complexity index is 278. The Hall–Kier alpha value is -1.10. The lowest BCUT2D eigenvalue weighted by molar-refractivity contribution is 0.273. The molecule has 1 heterocycles. The molecule has 1 atom stereocenters. The molecule has 0 aliphatic rings. The molecule has 0 amide bonds. The van der Waals surface area contributed by atoms with Crippen LogP contribution in [0.4, 0.5) is 0 Å². The summed E-state index contributed by atoms with van der Waals surface area (Å²) in [5.74, 6) is 0. The fourth-order valence-corrected chi connectivity index (χ4v) is 1.10.